The van der Waals surface area contributed by atoms with E-state index in [9.17, 15) is 13.2 Å². The van der Waals surface area contributed by atoms with Crippen molar-refractivity contribution < 1.29 is 13.2 Å². The highest BCUT2D eigenvalue weighted by Gasteiger charge is 2.32. The number of ketones is 1. The third kappa shape index (κ3) is 3.61. The van der Waals surface area contributed by atoms with E-state index < -0.39 is 10.0 Å². The van der Waals surface area contributed by atoms with Crippen molar-refractivity contribution in [1.29, 1.82) is 0 Å². The highest BCUT2D eigenvalue weighted by Crippen LogP contribution is 2.26. The molecule has 1 fully saturated rings. The summed E-state index contributed by atoms with van der Waals surface area (Å²) in [6.07, 6.45) is 1.12. The van der Waals surface area contributed by atoms with Gasteiger partial charge in [-0.05, 0) is 37.1 Å². The fourth-order valence-electron chi connectivity index (χ4n) is 2.95. The van der Waals surface area contributed by atoms with Crippen LogP contribution in [0.2, 0.25) is 0 Å². The summed E-state index contributed by atoms with van der Waals surface area (Å²) in [4.78, 5) is 12.8. The number of benzene rings is 2. The van der Waals surface area contributed by atoms with E-state index in [1.165, 1.54) is 4.31 Å². The van der Waals surface area contributed by atoms with E-state index in [1.807, 2.05) is 30.3 Å². The van der Waals surface area contributed by atoms with Crippen molar-refractivity contribution in [2.75, 3.05) is 13.1 Å². The molecule has 1 saturated heterocycles. The predicted octanol–water partition coefficient (Wildman–Crippen LogP) is 3.73. The first kappa shape index (κ1) is 17.3. The lowest BCUT2D eigenvalue weighted by atomic mass is 9.90. The van der Waals surface area contributed by atoms with Crippen LogP contribution in [0.4, 0.5) is 0 Å². The van der Waals surface area contributed by atoms with Gasteiger partial charge in [0, 0.05) is 29.0 Å². The molecule has 2 aromatic carbocycles. The number of Topliss-reactive ketones (excluding diaryl/α,β-unsaturated/α-hetero) is 1. The first-order chi connectivity index (χ1) is 11.5. The number of hydrogen-bond donors (Lipinski definition) is 0. The number of hydrogen-bond acceptors (Lipinski definition) is 3. The van der Waals surface area contributed by atoms with Crippen LogP contribution < -0.4 is 0 Å². The van der Waals surface area contributed by atoms with Gasteiger partial charge in [-0.3, -0.25) is 4.79 Å². The summed E-state index contributed by atoms with van der Waals surface area (Å²) in [6, 6.07) is 15.8. The van der Waals surface area contributed by atoms with Gasteiger partial charge in [0.15, 0.2) is 5.78 Å². The first-order valence-electron chi connectivity index (χ1n) is 7.83. The second-order valence-corrected chi connectivity index (χ2v) is 8.72. The van der Waals surface area contributed by atoms with Gasteiger partial charge in [-0.15, -0.1) is 0 Å². The summed E-state index contributed by atoms with van der Waals surface area (Å²) in [5.74, 6) is 0.0000532. The molecule has 6 heteroatoms. The maximum absolute atomic E-state index is 12.7. The Kier molecular flexibility index (Phi) is 5.18. The van der Waals surface area contributed by atoms with Gasteiger partial charge in [-0.2, -0.15) is 4.31 Å². The fraction of sp³-hybridized carbons (Fsp3) is 0.278. The lowest BCUT2D eigenvalue weighted by molar-refractivity contribution is 0.0875. The Morgan fingerprint density at radius 2 is 1.54 bits per heavy atom. The van der Waals surface area contributed by atoms with E-state index in [2.05, 4.69) is 15.9 Å². The van der Waals surface area contributed by atoms with Crippen LogP contribution in [0.3, 0.4) is 0 Å². The number of carbonyl (C=O) groups excluding carboxylic acids is 1. The molecule has 0 spiro atoms. The molecule has 0 N–H and O–H groups in total. The van der Waals surface area contributed by atoms with E-state index in [-0.39, 0.29) is 11.7 Å². The van der Waals surface area contributed by atoms with E-state index in [0.717, 1.165) is 4.47 Å². The van der Waals surface area contributed by atoms with Crippen molar-refractivity contribution in [3.63, 3.8) is 0 Å². The molecule has 0 bridgehead atoms. The monoisotopic (exact) mass is 407 g/mol. The summed E-state index contributed by atoms with van der Waals surface area (Å²) < 4.78 is 27.7. The van der Waals surface area contributed by atoms with Crippen molar-refractivity contribution in [2.45, 2.75) is 17.7 Å². The normalized spacial score (nSPS) is 16.9. The molecule has 126 valence electrons. The van der Waals surface area contributed by atoms with Gasteiger partial charge in [0.25, 0.3) is 0 Å². The lowest BCUT2D eigenvalue weighted by Crippen LogP contribution is -2.40. The van der Waals surface area contributed by atoms with Crippen LogP contribution in [0.5, 0.6) is 0 Å². The molecule has 1 heterocycles. The largest absolute Gasteiger partial charge is 0.294 e. The molecule has 0 unspecified atom stereocenters. The number of nitrogens with zero attached hydrogens (tertiary/aromatic N) is 1. The van der Waals surface area contributed by atoms with Crippen LogP contribution in [-0.2, 0) is 10.0 Å². The molecule has 3 rings (SSSR count). The first-order valence-corrected chi connectivity index (χ1v) is 10.1. The molecule has 0 atom stereocenters. The van der Waals surface area contributed by atoms with Crippen LogP contribution in [0.1, 0.15) is 23.2 Å². The second kappa shape index (κ2) is 7.17. The van der Waals surface area contributed by atoms with Gasteiger partial charge in [0.2, 0.25) is 10.0 Å². The highest BCUT2D eigenvalue weighted by atomic mass is 79.9. The average molecular weight is 408 g/mol. The molecule has 1 aliphatic heterocycles. The van der Waals surface area contributed by atoms with Crippen molar-refractivity contribution in [1.82, 2.24) is 4.31 Å². The minimum Gasteiger partial charge on any atom is -0.294 e. The van der Waals surface area contributed by atoms with E-state index in [4.69, 9.17) is 0 Å². The SMILES string of the molecule is O=C(c1ccccc1)C1CCN(S(=O)(=O)c2ccc(Br)cc2)CC1. The zero-order chi connectivity index (χ0) is 17.2. The maximum Gasteiger partial charge on any atom is 0.243 e. The van der Waals surface area contributed by atoms with Gasteiger partial charge >= 0.3 is 0 Å². The van der Waals surface area contributed by atoms with Crippen LogP contribution >= 0.6 is 15.9 Å². The summed E-state index contributed by atoms with van der Waals surface area (Å²) >= 11 is 3.31. The van der Waals surface area contributed by atoms with Gasteiger partial charge in [-0.1, -0.05) is 46.3 Å². The van der Waals surface area contributed by atoms with Crippen molar-refractivity contribution >= 4 is 31.7 Å². The Bertz CT molecular complexity index is 811. The minimum absolute atomic E-state index is 0.108. The van der Waals surface area contributed by atoms with Crippen LogP contribution in [0, 0.1) is 5.92 Å². The summed E-state index contributed by atoms with van der Waals surface area (Å²) in [6.45, 7) is 0.753. The summed E-state index contributed by atoms with van der Waals surface area (Å²) in [5.41, 5.74) is 0.701. The number of sulfonamides is 1. The summed E-state index contributed by atoms with van der Waals surface area (Å²) in [5, 5.41) is 0. The van der Waals surface area contributed by atoms with Crippen molar-refractivity contribution in [3.8, 4) is 0 Å². The predicted molar refractivity (Wildman–Crippen MR) is 96.4 cm³/mol. The van der Waals surface area contributed by atoms with Gasteiger partial charge in [0.1, 0.15) is 0 Å². The molecular formula is C18H18BrNO3S. The maximum atomic E-state index is 12.7. The van der Waals surface area contributed by atoms with Gasteiger partial charge < -0.3 is 0 Å². The van der Waals surface area contributed by atoms with E-state index in [1.54, 1.807) is 24.3 Å². The molecule has 0 aliphatic carbocycles. The fourth-order valence-corrected chi connectivity index (χ4v) is 4.69. The van der Waals surface area contributed by atoms with Gasteiger partial charge in [-0.25, -0.2) is 8.42 Å². The third-order valence-corrected chi connectivity index (χ3v) is 6.78. The Labute approximate surface area is 150 Å². The second-order valence-electron chi connectivity index (χ2n) is 5.86. The molecule has 0 aromatic heterocycles. The van der Waals surface area contributed by atoms with E-state index in [0.29, 0.717) is 36.4 Å². The lowest BCUT2D eigenvalue weighted by Gasteiger charge is -2.30. The number of carbonyl (C=O) groups is 1. The zero-order valence-corrected chi connectivity index (χ0v) is 15.5. The molecule has 4 nitrogen and oxygen atoms in total. The standard InChI is InChI=1S/C18H18BrNO3S/c19-16-6-8-17(9-7-16)24(22,23)20-12-10-15(11-13-20)18(21)14-4-2-1-3-5-14/h1-9,15H,10-13H2. The molecule has 0 amide bonds. The third-order valence-electron chi connectivity index (χ3n) is 4.33. The Morgan fingerprint density at radius 1 is 0.958 bits per heavy atom. The molecular weight excluding hydrogens is 390 g/mol. The average Bonchev–Trinajstić information content (AvgIpc) is 2.62. The van der Waals surface area contributed by atoms with Crippen molar-refractivity contribution in [2.24, 2.45) is 5.92 Å². The molecule has 0 radical (unpaired) electrons. The number of piperidine rings is 1. The van der Waals surface area contributed by atoms with Crippen LogP contribution in [0.25, 0.3) is 0 Å². The zero-order valence-electron chi connectivity index (χ0n) is 13.1. The summed E-state index contributed by atoms with van der Waals surface area (Å²) in [7, 11) is -3.49. The molecule has 2 aromatic rings. The van der Waals surface area contributed by atoms with Gasteiger partial charge in [0.05, 0.1) is 4.90 Å². The Balaban J connectivity index is 1.68. The number of rotatable bonds is 4. The quantitative estimate of drug-likeness (QED) is 0.725. The minimum atomic E-state index is -3.49. The van der Waals surface area contributed by atoms with Crippen molar-refractivity contribution in [3.05, 3.63) is 64.6 Å². The molecule has 1 aliphatic rings. The smallest absolute Gasteiger partial charge is 0.243 e. The Hall–Kier alpha value is -1.50. The number of halogens is 1. The van der Waals surface area contributed by atoms with E-state index >= 15 is 0 Å². The topological polar surface area (TPSA) is 54.5 Å². The van der Waals surface area contributed by atoms with Crippen LogP contribution in [-0.4, -0.2) is 31.6 Å². The molecule has 0 saturated carbocycles. The molecule has 24 heavy (non-hydrogen) atoms. The Morgan fingerprint density at radius 3 is 2.12 bits per heavy atom. The van der Waals surface area contributed by atoms with Crippen LogP contribution in [0.15, 0.2) is 64.0 Å². The highest BCUT2D eigenvalue weighted by molar-refractivity contribution is 9.10.